The minimum absolute atomic E-state index is 0.0159. The van der Waals surface area contributed by atoms with Gasteiger partial charge in [-0.2, -0.15) is 9.97 Å². The Morgan fingerprint density at radius 2 is 1.93 bits per heavy atom. The molecule has 6 heteroatoms. The van der Waals surface area contributed by atoms with Gasteiger partial charge in [0.25, 0.3) is 5.91 Å². The molecule has 0 unspecified atom stereocenters. The van der Waals surface area contributed by atoms with Crippen molar-refractivity contribution in [2.45, 2.75) is 18.9 Å². The Kier molecular flexibility index (Phi) is 4.87. The first-order valence-corrected chi connectivity index (χ1v) is 9.04. The molecule has 6 nitrogen and oxygen atoms in total. The number of aromatic nitrogens is 2. The van der Waals surface area contributed by atoms with Crippen molar-refractivity contribution in [3.63, 3.8) is 0 Å². The summed E-state index contributed by atoms with van der Waals surface area (Å²) in [4.78, 5) is 23.3. The van der Waals surface area contributed by atoms with Gasteiger partial charge >= 0.3 is 6.01 Å². The van der Waals surface area contributed by atoms with Crippen molar-refractivity contribution in [3.8, 4) is 11.8 Å². The number of nitrogens with zero attached hydrogens (tertiary/aromatic N) is 3. The molecule has 0 spiro atoms. The number of likely N-dealkylation sites (tertiary alicyclic amines) is 1. The molecular weight excluding hydrogens is 342 g/mol. The molecule has 1 aliphatic rings. The molecule has 1 aromatic heterocycles. The molecule has 2 heterocycles. The Bertz CT molecular complexity index is 938. The zero-order valence-electron chi connectivity index (χ0n) is 15.2. The summed E-state index contributed by atoms with van der Waals surface area (Å²) in [6, 6.07) is 14.1. The van der Waals surface area contributed by atoms with Gasteiger partial charge in [0.2, 0.25) is 0 Å². The van der Waals surface area contributed by atoms with Crippen LogP contribution in [-0.2, 0) is 0 Å². The van der Waals surface area contributed by atoms with Crippen LogP contribution in [0.25, 0.3) is 10.8 Å². The Hall–Kier alpha value is -3.15. The lowest BCUT2D eigenvalue weighted by Gasteiger charge is -2.25. The number of amides is 1. The van der Waals surface area contributed by atoms with Crippen LogP contribution < -0.4 is 9.47 Å². The lowest BCUT2D eigenvalue weighted by Crippen LogP contribution is -2.39. The molecule has 3 aromatic rings. The molecule has 1 fully saturated rings. The molecule has 1 amide bonds. The van der Waals surface area contributed by atoms with E-state index in [-0.39, 0.29) is 11.9 Å². The van der Waals surface area contributed by atoms with E-state index in [1.54, 1.807) is 19.5 Å². The number of methoxy groups -OCH3 is 1. The van der Waals surface area contributed by atoms with Gasteiger partial charge in [0.1, 0.15) is 6.61 Å². The third kappa shape index (κ3) is 3.56. The van der Waals surface area contributed by atoms with Gasteiger partial charge in [0.05, 0.1) is 25.5 Å². The molecule has 138 valence electrons. The van der Waals surface area contributed by atoms with E-state index in [1.165, 1.54) is 0 Å². The van der Waals surface area contributed by atoms with Crippen LogP contribution in [0.2, 0.25) is 0 Å². The van der Waals surface area contributed by atoms with E-state index in [0.717, 1.165) is 35.7 Å². The zero-order chi connectivity index (χ0) is 18.6. The van der Waals surface area contributed by atoms with Crippen LogP contribution in [0.5, 0.6) is 11.8 Å². The number of ether oxygens (including phenoxy) is 2. The SMILES string of the molecule is COc1cnc(OC[C@@H]2CCCN2C(=O)c2cccc3ccccc23)nc1. The second-order valence-corrected chi connectivity index (χ2v) is 6.54. The second-order valence-electron chi connectivity index (χ2n) is 6.54. The minimum Gasteiger partial charge on any atom is -0.494 e. The van der Waals surface area contributed by atoms with Gasteiger partial charge in [-0.25, -0.2) is 0 Å². The molecule has 2 aromatic carbocycles. The van der Waals surface area contributed by atoms with Crippen molar-refractivity contribution < 1.29 is 14.3 Å². The quantitative estimate of drug-likeness (QED) is 0.696. The molecule has 0 saturated carbocycles. The molecule has 0 radical (unpaired) electrons. The number of carbonyl (C=O) groups is 1. The van der Waals surface area contributed by atoms with Crippen molar-refractivity contribution in [1.29, 1.82) is 0 Å². The van der Waals surface area contributed by atoms with Gasteiger partial charge in [0.15, 0.2) is 5.75 Å². The Morgan fingerprint density at radius 3 is 2.74 bits per heavy atom. The summed E-state index contributed by atoms with van der Waals surface area (Å²) in [5.41, 5.74) is 0.737. The highest BCUT2D eigenvalue weighted by Crippen LogP contribution is 2.25. The first-order chi connectivity index (χ1) is 13.3. The van der Waals surface area contributed by atoms with Crippen molar-refractivity contribution in [1.82, 2.24) is 14.9 Å². The van der Waals surface area contributed by atoms with E-state index < -0.39 is 0 Å². The van der Waals surface area contributed by atoms with Crippen molar-refractivity contribution in [2.24, 2.45) is 0 Å². The molecular formula is C21H21N3O3. The first kappa shape index (κ1) is 17.3. The number of rotatable bonds is 5. The summed E-state index contributed by atoms with van der Waals surface area (Å²) < 4.78 is 10.8. The molecule has 4 rings (SSSR count). The van der Waals surface area contributed by atoms with Crippen LogP contribution in [-0.4, -0.2) is 47.1 Å². The molecule has 0 N–H and O–H groups in total. The van der Waals surface area contributed by atoms with Crippen LogP contribution in [0.15, 0.2) is 54.9 Å². The van der Waals surface area contributed by atoms with Gasteiger partial charge in [0, 0.05) is 12.1 Å². The summed E-state index contributed by atoms with van der Waals surface area (Å²) in [6.07, 6.45) is 5.01. The number of benzene rings is 2. The smallest absolute Gasteiger partial charge is 0.316 e. The maximum absolute atomic E-state index is 13.2. The summed E-state index contributed by atoms with van der Waals surface area (Å²) >= 11 is 0. The Labute approximate surface area is 157 Å². The van der Waals surface area contributed by atoms with Crippen molar-refractivity contribution in [3.05, 3.63) is 60.4 Å². The summed E-state index contributed by atoms with van der Waals surface area (Å²) in [5, 5.41) is 2.05. The van der Waals surface area contributed by atoms with Gasteiger partial charge < -0.3 is 14.4 Å². The topological polar surface area (TPSA) is 64.6 Å². The molecule has 0 bridgehead atoms. The third-order valence-electron chi connectivity index (χ3n) is 4.90. The number of hydrogen-bond acceptors (Lipinski definition) is 5. The van der Waals surface area contributed by atoms with Gasteiger partial charge in [-0.15, -0.1) is 0 Å². The molecule has 1 atom stereocenters. The average molecular weight is 363 g/mol. The predicted octanol–water partition coefficient (Wildman–Crippen LogP) is 3.32. The lowest BCUT2D eigenvalue weighted by molar-refractivity contribution is 0.0688. The predicted molar refractivity (Wildman–Crippen MR) is 102 cm³/mol. The van der Waals surface area contributed by atoms with E-state index in [4.69, 9.17) is 9.47 Å². The Balaban J connectivity index is 1.49. The highest BCUT2D eigenvalue weighted by Gasteiger charge is 2.30. The largest absolute Gasteiger partial charge is 0.494 e. The van der Waals surface area contributed by atoms with Crippen LogP contribution >= 0.6 is 0 Å². The average Bonchev–Trinajstić information content (AvgIpc) is 3.20. The monoisotopic (exact) mass is 363 g/mol. The standard InChI is InChI=1S/C21H21N3O3/c1-26-17-12-22-21(23-13-17)27-14-16-8-5-11-24(16)20(25)19-10-4-7-15-6-2-3-9-18(15)19/h2-4,6-7,9-10,12-13,16H,5,8,11,14H2,1H3/t16-/m0/s1. The minimum atomic E-state index is 0.0159. The van der Waals surface area contributed by atoms with Crippen LogP contribution in [0.3, 0.4) is 0 Å². The molecule has 27 heavy (non-hydrogen) atoms. The maximum atomic E-state index is 13.2. The van der Waals surface area contributed by atoms with Crippen molar-refractivity contribution >= 4 is 16.7 Å². The van der Waals surface area contributed by atoms with E-state index in [0.29, 0.717) is 18.4 Å². The molecule has 0 aliphatic carbocycles. The van der Waals surface area contributed by atoms with E-state index >= 15 is 0 Å². The van der Waals surface area contributed by atoms with E-state index in [9.17, 15) is 4.79 Å². The van der Waals surface area contributed by atoms with Crippen molar-refractivity contribution in [2.75, 3.05) is 20.3 Å². The maximum Gasteiger partial charge on any atom is 0.316 e. The molecule has 1 saturated heterocycles. The van der Waals surface area contributed by atoms with Gasteiger partial charge in [-0.1, -0.05) is 36.4 Å². The van der Waals surface area contributed by atoms with E-state index in [1.807, 2.05) is 47.4 Å². The summed E-state index contributed by atoms with van der Waals surface area (Å²) in [5.74, 6) is 0.629. The highest BCUT2D eigenvalue weighted by molar-refractivity contribution is 6.07. The van der Waals surface area contributed by atoms with Gasteiger partial charge in [-0.05, 0) is 29.7 Å². The molecule has 1 aliphatic heterocycles. The fourth-order valence-electron chi connectivity index (χ4n) is 3.50. The lowest BCUT2D eigenvalue weighted by atomic mass is 10.0. The van der Waals surface area contributed by atoms with Crippen LogP contribution in [0.4, 0.5) is 0 Å². The van der Waals surface area contributed by atoms with Crippen LogP contribution in [0, 0.1) is 0 Å². The fourth-order valence-corrected chi connectivity index (χ4v) is 3.50. The number of carbonyl (C=O) groups excluding carboxylic acids is 1. The van der Waals surface area contributed by atoms with Crippen LogP contribution in [0.1, 0.15) is 23.2 Å². The second kappa shape index (κ2) is 7.61. The zero-order valence-corrected chi connectivity index (χ0v) is 15.2. The van der Waals surface area contributed by atoms with Gasteiger partial charge in [-0.3, -0.25) is 4.79 Å². The fraction of sp³-hybridized carbons (Fsp3) is 0.286. The summed E-state index contributed by atoms with van der Waals surface area (Å²) in [7, 11) is 1.56. The normalized spacial score (nSPS) is 16.5. The summed E-state index contributed by atoms with van der Waals surface area (Å²) in [6.45, 7) is 1.11. The van der Waals surface area contributed by atoms with E-state index in [2.05, 4.69) is 9.97 Å². The Morgan fingerprint density at radius 1 is 1.15 bits per heavy atom. The number of fused-ring (bicyclic) bond motifs is 1. The first-order valence-electron chi connectivity index (χ1n) is 9.04. The third-order valence-corrected chi connectivity index (χ3v) is 4.90. The number of hydrogen-bond donors (Lipinski definition) is 0. The highest BCUT2D eigenvalue weighted by atomic mass is 16.5.